The third kappa shape index (κ3) is 2.42. The predicted octanol–water partition coefficient (Wildman–Crippen LogP) is -0.604. The van der Waals surface area contributed by atoms with Crippen molar-refractivity contribution < 1.29 is 19.7 Å². The maximum absolute atomic E-state index is 10.2. The highest BCUT2D eigenvalue weighted by Crippen LogP contribution is 2.33. The number of hydrogen-bond donors (Lipinski definition) is 3. The average Bonchev–Trinajstić information content (AvgIpc) is 3.03. The number of hydrogen-bond acceptors (Lipinski definition) is 9. The molecule has 0 bridgehead atoms. The van der Waals surface area contributed by atoms with Crippen molar-refractivity contribution in [2.75, 3.05) is 25.7 Å². The summed E-state index contributed by atoms with van der Waals surface area (Å²) in [5.41, 5.74) is 6.74. The fourth-order valence-electron chi connectivity index (χ4n) is 2.50. The van der Waals surface area contributed by atoms with Crippen LogP contribution in [0.4, 0.5) is 5.95 Å². The zero-order chi connectivity index (χ0) is 15.9. The number of imidazole rings is 1. The lowest BCUT2D eigenvalue weighted by atomic mass is 10.1. The molecule has 0 saturated carbocycles. The number of thioether (sulfide) groups is 1. The highest BCUT2D eigenvalue weighted by atomic mass is 32.2. The molecule has 10 heteroatoms. The first-order valence-electron chi connectivity index (χ1n) is 6.61. The number of nitrogens with zero attached hydrogens (tertiary/aromatic N) is 4. The highest BCUT2D eigenvalue weighted by molar-refractivity contribution is 7.98. The molecule has 0 spiro atoms. The van der Waals surface area contributed by atoms with Gasteiger partial charge in [0.25, 0.3) is 0 Å². The average molecular weight is 327 g/mol. The van der Waals surface area contributed by atoms with Gasteiger partial charge in [-0.05, 0) is 6.26 Å². The van der Waals surface area contributed by atoms with E-state index in [1.807, 2.05) is 6.26 Å². The topological polar surface area (TPSA) is 129 Å². The molecule has 120 valence electrons. The standard InChI is InChI=1S/C12H17N5O4S/c1-20-3-5-7(18)8(19)11(21-5)17-4-14-6-9(17)15-12(13)16-10(6)22-2/h4-5,7-8,11,18-19H,3H2,1-2H3,(H2,13,15,16)/t5-,7-,8-,11-/m1/s1. The molecule has 3 rings (SSSR count). The Morgan fingerprint density at radius 2 is 2.18 bits per heavy atom. The van der Waals surface area contributed by atoms with E-state index in [2.05, 4.69) is 15.0 Å². The van der Waals surface area contributed by atoms with Gasteiger partial charge < -0.3 is 25.4 Å². The minimum atomic E-state index is -1.12. The first-order chi connectivity index (χ1) is 10.6. The van der Waals surface area contributed by atoms with E-state index in [0.717, 1.165) is 0 Å². The minimum Gasteiger partial charge on any atom is -0.387 e. The van der Waals surface area contributed by atoms with Crippen molar-refractivity contribution in [2.24, 2.45) is 0 Å². The molecule has 0 radical (unpaired) electrons. The van der Waals surface area contributed by atoms with Crippen LogP contribution >= 0.6 is 11.8 Å². The third-order valence-electron chi connectivity index (χ3n) is 3.54. The maximum atomic E-state index is 10.2. The van der Waals surface area contributed by atoms with Crippen LogP contribution in [-0.2, 0) is 9.47 Å². The van der Waals surface area contributed by atoms with E-state index in [1.165, 1.54) is 25.2 Å². The lowest BCUT2D eigenvalue weighted by molar-refractivity contribution is -0.0580. The Morgan fingerprint density at radius 1 is 1.41 bits per heavy atom. The number of nitrogens with two attached hydrogens (primary N) is 1. The fourth-order valence-corrected chi connectivity index (χ4v) is 3.02. The predicted molar refractivity (Wildman–Crippen MR) is 79.3 cm³/mol. The molecule has 4 N–H and O–H groups in total. The van der Waals surface area contributed by atoms with Crippen molar-refractivity contribution in [1.82, 2.24) is 19.5 Å². The molecule has 0 amide bonds. The number of anilines is 1. The molecular weight excluding hydrogens is 310 g/mol. The number of fused-ring (bicyclic) bond motifs is 1. The summed E-state index contributed by atoms with van der Waals surface area (Å²) in [7, 11) is 1.50. The summed E-state index contributed by atoms with van der Waals surface area (Å²) in [6.45, 7) is 0.175. The van der Waals surface area contributed by atoms with Crippen LogP contribution < -0.4 is 5.73 Å². The smallest absolute Gasteiger partial charge is 0.223 e. The molecule has 0 aliphatic carbocycles. The lowest BCUT2D eigenvalue weighted by Crippen LogP contribution is -2.33. The van der Waals surface area contributed by atoms with Crippen LogP contribution in [0.1, 0.15) is 6.23 Å². The summed E-state index contributed by atoms with van der Waals surface area (Å²) in [4.78, 5) is 12.6. The highest BCUT2D eigenvalue weighted by Gasteiger charge is 2.44. The number of aliphatic hydroxyl groups is 2. The normalized spacial score (nSPS) is 28.5. The summed E-state index contributed by atoms with van der Waals surface area (Å²) < 4.78 is 12.2. The minimum absolute atomic E-state index is 0.111. The van der Waals surface area contributed by atoms with E-state index in [1.54, 1.807) is 4.57 Å². The summed E-state index contributed by atoms with van der Waals surface area (Å²) in [5.74, 6) is 0.111. The second-order valence-electron chi connectivity index (χ2n) is 4.92. The monoisotopic (exact) mass is 327 g/mol. The van der Waals surface area contributed by atoms with Crippen LogP contribution in [0, 0.1) is 0 Å². The number of aliphatic hydroxyl groups excluding tert-OH is 2. The molecule has 1 fully saturated rings. The number of nitrogen functional groups attached to an aromatic ring is 1. The van der Waals surface area contributed by atoms with Crippen LogP contribution in [0.2, 0.25) is 0 Å². The number of aromatic nitrogens is 4. The summed E-state index contributed by atoms with van der Waals surface area (Å²) >= 11 is 1.40. The molecule has 2 aromatic rings. The molecule has 1 aliphatic rings. The van der Waals surface area contributed by atoms with Crippen molar-refractivity contribution in [1.29, 1.82) is 0 Å². The Morgan fingerprint density at radius 3 is 2.86 bits per heavy atom. The van der Waals surface area contributed by atoms with E-state index in [-0.39, 0.29) is 12.6 Å². The van der Waals surface area contributed by atoms with Crippen molar-refractivity contribution in [3.8, 4) is 0 Å². The molecule has 2 aromatic heterocycles. The van der Waals surface area contributed by atoms with E-state index in [9.17, 15) is 10.2 Å². The van der Waals surface area contributed by atoms with Gasteiger partial charge in [0.05, 0.1) is 12.9 Å². The summed E-state index contributed by atoms with van der Waals surface area (Å²) in [6, 6.07) is 0. The Hall–Kier alpha value is -1.46. The van der Waals surface area contributed by atoms with Crippen LogP contribution in [-0.4, -0.2) is 68.0 Å². The van der Waals surface area contributed by atoms with E-state index >= 15 is 0 Å². The van der Waals surface area contributed by atoms with Gasteiger partial charge in [0.1, 0.15) is 28.9 Å². The summed E-state index contributed by atoms with van der Waals surface area (Å²) in [6.07, 6.45) is -0.257. The van der Waals surface area contributed by atoms with Gasteiger partial charge in [-0.3, -0.25) is 4.57 Å². The van der Waals surface area contributed by atoms with Crippen molar-refractivity contribution in [3.63, 3.8) is 0 Å². The van der Waals surface area contributed by atoms with Gasteiger partial charge in [-0.2, -0.15) is 4.98 Å². The maximum Gasteiger partial charge on any atom is 0.223 e. The fraction of sp³-hybridized carbons (Fsp3) is 0.583. The van der Waals surface area contributed by atoms with Crippen LogP contribution in [0.3, 0.4) is 0 Å². The molecule has 4 atom stereocenters. The van der Waals surface area contributed by atoms with Crippen molar-refractivity contribution in [3.05, 3.63) is 6.33 Å². The van der Waals surface area contributed by atoms with Crippen LogP contribution in [0.15, 0.2) is 11.4 Å². The van der Waals surface area contributed by atoms with Gasteiger partial charge in [0, 0.05) is 7.11 Å². The number of methoxy groups -OCH3 is 1. The molecule has 9 nitrogen and oxygen atoms in total. The Bertz CT molecular complexity index is 681. The Balaban J connectivity index is 2.02. The van der Waals surface area contributed by atoms with E-state index in [0.29, 0.717) is 16.2 Å². The number of ether oxygens (including phenoxy) is 2. The Labute approximate surface area is 130 Å². The van der Waals surface area contributed by atoms with Gasteiger partial charge in [-0.25, -0.2) is 9.97 Å². The SMILES string of the molecule is COC[C@H]1O[C@@H](n2cnc3c(SC)nc(N)nc32)[C@H](O)[C@@H]1O. The second-order valence-corrected chi connectivity index (χ2v) is 5.71. The second kappa shape index (κ2) is 5.97. The van der Waals surface area contributed by atoms with E-state index < -0.39 is 24.5 Å². The van der Waals surface area contributed by atoms with Crippen LogP contribution in [0.5, 0.6) is 0 Å². The van der Waals surface area contributed by atoms with Gasteiger partial charge in [0.2, 0.25) is 5.95 Å². The molecule has 0 aromatic carbocycles. The van der Waals surface area contributed by atoms with Gasteiger partial charge in [-0.15, -0.1) is 11.8 Å². The van der Waals surface area contributed by atoms with Gasteiger partial charge in [-0.1, -0.05) is 0 Å². The van der Waals surface area contributed by atoms with Gasteiger partial charge >= 0.3 is 0 Å². The molecular formula is C12H17N5O4S. The number of rotatable bonds is 4. The van der Waals surface area contributed by atoms with Crippen LogP contribution in [0.25, 0.3) is 11.2 Å². The first kappa shape index (κ1) is 15.4. The molecule has 0 unspecified atom stereocenters. The molecule has 1 saturated heterocycles. The lowest BCUT2D eigenvalue weighted by Gasteiger charge is -2.16. The van der Waals surface area contributed by atoms with E-state index in [4.69, 9.17) is 15.2 Å². The van der Waals surface area contributed by atoms with Crippen molar-refractivity contribution in [2.45, 2.75) is 29.6 Å². The molecule has 22 heavy (non-hydrogen) atoms. The first-order valence-corrected chi connectivity index (χ1v) is 7.84. The third-order valence-corrected chi connectivity index (χ3v) is 4.21. The zero-order valence-corrected chi connectivity index (χ0v) is 12.9. The van der Waals surface area contributed by atoms with Gasteiger partial charge in [0.15, 0.2) is 11.9 Å². The quantitative estimate of drug-likeness (QED) is 0.498. The largest absolute Gasteiger partial charge is 0.387 e. The molecule has 1 aliphatic heterocycles. The zero-order valence-electron chi connectivity index (χ0n) is 12.1. The summed E-state index contributed by atoms with van der Waals surface area (Å²) in [5, 5.41) is 20.9. The van der Waals surface area contributed by atoms with Crippen molar-refractivity contribution >= 4 is 28.9 Å². The molecule has 3 heterocycles. The Kier molecular flexibility index (Phi) is 4.19.